The largest absolute Gasteiger partial charge is 0.234 e. The van der Waals surface area contributed by atoms with Crippen LogP contribution in [0, 0.1) is 0 Å². The van der Waals surface area contributed by atoms with Gasteiger partial charge in [-0.3, -0.25) is 0 Å². The highest BCUT2D eigenvalue weighted by atomic mass is 32.2. The maximum absolute atomic E-state index is 11.3. The van der Waals surface area contributed by atoms with E-state index in [2.05, 4.69) is 4.40 Å². The fraction of sp³-hybridized carbons (Fsp3) is 0.667. The molecule has 0 radical (unpaired) electrons. The molecule has 0 N–H and O–H groups in total. The van der Waals surface area contributed by atoms with Crippen molar-refractivity contribution in [1.29, 1.82) is 0 Å². The van der Waals surface area contributed by atoms with E-state index in [0.29, 0.717) is 0 Å². The van der Waals surface area contributed by atoms with E-state index in [1.54, 1.807) is 6.21 Å². The van der Waals surface area contributed by atoms with Crippen molar-refractivity contribution in [2.24, 2.45) is 4.40 Å². The first-order valence-corrected chi connectivity index (χ1v) is 5.04. The summed E-state index contributed by atoms with van der Waals surface area (Å²) in [5.41, 5.74) is 1.16. The van der Waals surface area contributed by atoms with Crippen LogP contribution < -0.4 is 0 Å². The summed E-state index contributed by atoms with van der Waals surface area (Å²) >= 11 is 0. The molecule has 0 fully saturated rings. The maximum Gasteiger partial charge on any atom is 0.144 e. The summed E-state index contributed by atoms with van der Waals surface area (Å²) in [7, 11) is -1.13. The van der Waals surface area contributed by atoms with Gasteiger partial charge >= 0.3 is 0 Å². The Morgan fingerprint density at radius 3 is 2.17 bits per heavy atom. The van der Waals surface area contributed by atoms with E-state index in [-0.39, 0.29) is 4.75 Å². The Bertz CT molecular complexity index is 219. The number of allylic oxidation sites excluding steroid dienone is 2. The van der Waals surface area contributed by atoms with Crippen molar-refractivity contribution in [3.8, 4) is 0 Å². The van der Waals surface area contributed by atoms with Crippen LogP contribution in [0.1, 0.15) is 34.6 Å². The van der Waals surface area contributed by atoms with Crippen LogP contribution in [-0.4, -0.2) is 15.2 Å². The van der Waals surface area contributed by atoms with E-state index in [1.165, 1.54) is 0 Å². The molecule has 0 saturated carbocycles. The summed E-state index contributed by atoms with van der Waals surface area (Å²) in [6, 6.07) is 0. The van der Waals surface area contributed by atoms with Gasteiger partial charge in [0, 0.05) is 6.21 Å². The molecule has 0 aliphatic rings. The van der Waals surface area contributed by atoms with Crippen LogP contribution in [-0.2, 0) is 11.0 Å². The quantitative estimate of drug-likeness (QED) is 0.611. The minimum Gasteiger partial charge on any atom is -0.234 e. The first-order valence-electron chi connectivity index (χ1n) is 3.93. The molecule has 0 rings (SSSR count). The van der Waals surface area contributed by atoms with Gasteiger partial charge in [0.2, 0.25) is 0 Å². The molecule has 0 amide bonds. The molecule has 1 atom stereocenters. The van der Waals surface area contributed by atoms with Gasteiger partial charge in [0.1, 0.15) is 11.0 Å². The lowest BCUT2D eigenvalue weighted by Crippen LogP contribution is -2.19. The van der Waals surface area contributed by atoms with Crippen LogP contribution in [0.4, 0.5) is 0 Å². The number of nitrogens with zero attached hydrogens (tertiary/aromatic N) is 1. The van der Waals surface area contributed by atoms with Gasteiger partial charge in [0.15, 0.2) is 0 Å². The number of hydrogen-bond acceptors (Lipinski definition) is 1. The third-order valence-electron chi connectivity index (χ3n) is 1.09. The van der Waals surface area contributed by atoms with Crippen LogP contribution in [0.5, 0.6) is 0 Å². The third-order valence-corrected chi connectivity index (χ3v) is 2.45. The van der Waals surface area contributed by atoms with Crippen molar-refractivity contribution < 1.29 is 4.21 Å². The Kier molecular flexibility index (Phi) is 4.39. The summed E-state index contributed by atoms with van der Waals surface area (Å²) < 4.78 is 15.0. The lowest BCUT2D eigenvalue weighted by molar-refractivity contribution is 0.651. The zero-order valence-corrected chi connectivity index (χ0v) is 9.23. The van der Waals surface area contributed by atoms with E-state index >= 15 is 0 Å². The molecule has 0 aliphatic carbocycles. The molecule has 1 unspecified atom stereocenters. The summed E-state index contributed by atoms with van der Waals surface area (Å²) in [6.07, 6.45) is 3.46. The average Bonchev–Trinajstić information content (AvgIpc) is 1.84. The van der Waals surface area contributed by atoms with Crippen molar-refractivity contribution in [2.45, 2.75) is 39.4 Å². The first kappa shape index (κ1) is 11.6. The van der Waals surface area contributed by atoms with E-state index in [0.717, 1.165) is 5.57 Å². The standard InChI is InChI=1S/C9H17NOS/c1-8(2)6-7-10-12(11)9(3,4)5/h6-7H,1-5H3. The second-order valence-corrected chi connectivity index (χ2v) is 5.79. The zero-order valence-electron chi connectivity index (χ0n) is 8.42. The lowest BCUT2D eigenvalue weighted by Gasteiger charge is -2.12. The first-order chi connectivity index (χ1) is 5.34. The normalized spacial score (nSPS) is 14.8. The smallest absolute Gasteiger partial charge is 0.144 e. The van der Waals surface area contributed by atoms with Gasteiger partial charge in [-0.2, -0.15) is 4.40 Å². The van der Waals surface area contributed by atoms with Crippen LogP contribution in [0.25, 0.3) is 0 Å². The molecule has 0 bridgehead atoms. The van der Waals surface area contributed by atoms with Crippen molar-refractivity contribution >= 4 is 17.2 Å². The Morgan fingerprint density at radius 2 is 1.83 bits per heavy atom. The van der Waals surface area contributed by atoms with E-state index in [9.17, 15) is 4.21 Å². The fourth-order valence-corrected chi connectivity index (χ4v) is 0.881. The van der Waals surface area contributed by atoms with Crippen molar-refractivity contribution in [1.82, 2.24) is 0 Å². The Labute approximate surface area is 77.4 Å². The molecule has 2 nitrogen and oxygen atoms in total. The molecule has 0 spiro atoms. The second kappa shape index (κ2) is 4.55. The predicted molar refractivity (Wildman–Crippen MR) is 55.8 cm³/mol. The third kappa shape index (κ3) is 5.24. The van der Waals surface area contributed by atoms with Gasteiger partial charge in [-0.15, -0.1) is 0 Å². The van der Waals surface area contributed by atoms with Crippen LogP contribution >= 0.6 is 0 Å². The molecular formula is C9H17NOS. The van der Waals surface area contributed by atoms with Crippen LogP contribution in [0.2, 0.25) is 0 Å². The number of hydrogen-bond donors (Lipinski definition) is 0. The fourth-order valence-electron chi connectivity index (χ4n) is 0.393. The Morgan fingerprint density at radius 1 is 1.33 bits per heavy atom. The maximum atomic E-state index is 11.3. The zero-order chi connectivity index (χ0) is 9.78. The second-order valence-electron chi connectivity index (χ2n) is 3.86. The molecule has 0 aromatic heterocycles. The molecule has 12 heavy (non-hydrogen) atoms. The van der Waals surface area contributed by atoms with Crippen LogP contribution in [0.3, 0.4) is 0 Å². The SMILES string of the molecule is CC(C)=CC=NS(=O)C(C)(C)C. The molecular weight excluding hydrogens is 170 g/mol. The van der Waals surface area contributed by atoms with Crippen molar-refractivity contribution in [3.63, 3.8) is 0 Å². The summed E-state index contributed by atoms with van der Waals surface area (Å²) in [5.74, 6) is 0. The number of rotatable bonds is 2. The Balaban J connectivity index is 4.20. The summed E-state index contributed by atoms with van der Waals surface area (Å²) in [5, 5.41) is 0. The van der Waals surface area contributed by atoms with Crippen molar-refractivity contribution in [2.75, 3.05) is 0 Å². The van der Waals surface area contributed by atoms with Gasteiger partial charge in [0.25, 0.3) is 0 Å². The molecule has 0 aliphatic heterocycles. The highest BCUT2D eigenvalue weighted by molar-refractivity contribution is 7.85. The van der Waals surface area contributed by atoms with E-state index in [1.807, 2.05) is 40.7 Å². The van der Waals surface area contributed by atoms with Crippen molar-refractivity contribution in [3.05, 3.63) is 11.6 Å². The molecule has 0 aromatic carbocycles. The van der Waals surface area contributed by atoms with E-state index < -0.39 is 11.0 Å². The summed E-state index contributed by atoms with van der Waals surface area (Å²) in [4.78, 5) is 0. The molecule has 0 heterocycles. The molecule has 0 aromatic rings. The molecule has 0 saturated heterocycles. The Hall–Kier alpha value is -0.440. The van der Waals surface area contributed by atoms with Gasteiger partial charge in [-0.05, 0) is 40.7 Å². The minimum absolute atomic E-state index is 0.258. The monoisotopic (exact) mass is 187 g/mol. The van der Waals surface area contributed by atoms with Gasteiger partial charge in [0.05, 0.1) is 4.75 Å². The highest BCUT2D eigenvalue weighted by Crippen LogP contribution is 2.11. The highest BCUT2D eigenvalue weighted by Gasteiger charge is 2.17. The average molecular weight is 187 g/mol. The molecule has 70 valence electrons. The van der Waals surface area contributed by atoms with Gasteiger partial charge in [-0.1, -0.05) is 5.57 Å². The predicted octanol–water partition coefficient (Wildman–Crippen LogP) is 2.49. The summed E-state index contributed by atoms with van der Waals surface area (Å²) in [6.45, 7) is 9.67. The lowest BCUT2D eigenvalue weighted by atomic mass is 10.3. The van der Waals surface area contributed by atoms with Gasteiger partial charge < -0.3 is 0 Å². The van der Waals surface area contributed by atoms with E-state index in [4.69, 9.17) is 0 Å². The topological polar surface area (TPSA) is 29.4 Å². The molecule has 3 heteroatoms. The van der Waals surface area contributed by atoms with Crippen LogP contribution in [0.15, 0.2) is 16.0 Å². The van der Waals surface area contributed by atoms with Gasteiger partial charge in [-0.25, -0.2) is 4.21 Å². The minimum atomic E-state index is -1.13.